The van der Waals surface area contributed by atoms with Gasteiger partial charge in [-0.1, -0.05) is 0 Å². The molecule has 0 spiro atoms. The van der Waals surface area contributed by atoms with Crippen LogP contribution in [0.25, 0.3) is 10.9 Å². The number of nitro groups is 1. The summed E-state index contributed by atoms with van der Waals surface area (Å²) >= 11 is 0. The van der Waals surface area contributed by atoms with Crippen LogP contribution in [0.3, 0.4) is 0 Å². The Balaban J connectivity index is 2.40. The molecule has 1 atom stereocenters. The third-order valence-electron chi connectivity index (χ3n) is 2.85. The van der Waals surface area contributed by atoms with Crippen LogP contribution in [-0.2, 0) is 4.79 Å². The van der Waals surface area contributed by atoms with E-state index in [0.717, 1.165) is 5.39 Å². The van der Waals surface area contributed by atoms with Gasteiger partial charge in [0.25, 0.3) is 5.69 Å². The zero-order valence-electron chi connectivity index (χ0n) is 10.2. The molecule has 0 saturated carbocycles. The van der Waals surface area contributed by atoms with E-state index in [4.69, 9.17) is 5.84 Å². The predicted octanol–water partition coefficient (Wildman–Crippen LogP) is 0.886. The minimum Gasteiger partial charge on any atom is -0.294 e. The Hall–Kier alpha value is -2.48. The van der Waals surface area contributed by atoms with Gasteiger partial charge in [-0.25, -0.2) is 5.84 Å². The molecule has 3 N–H and O–H groups in total. The van der Waals surface area contributed by atoms with E-state index in [0.29, 0.717) is 5.52 Å². The fraction of sp³-hybridized carbons (Fsp3) is 0.273. The van der Waals surface area contributed by atoms with E-state index in [1.165, 1.54) is 12.1 Å². The summed E-state index contributed by atoms with van der Waals surface area (Å²) in [6.45, 7) is 1.79. The Labute approximate surface area is 108 Å². The maximum atomic E-state index is 11.2. The number of nitro benzene ring substituents is 1. The SMILES string of the molecule is CC(CC(=O)NN)n1ncc2ccc([N+](=O)[O-])cc21. The number of nitrogens with zero attached hydrogens (tertiary/aromatic N) is 3. The monoisotopic (exact) mass is 263 g/mol. The van der Waals surface area contributed by atoms with Crippen molar-refractivity contribution in [3.8, 4) is 0 Å². The summed E-state index contributed by atoms with van der Waals surface area (Å²) in [5.41, 5.74) is 2.65. The second-order valence-corrected chi connectivity index (χ2v) is 4.21. The summed E-state index contributed by atoms with van der Waals surface area (Å²) in [6, 6.07) is 4.25. The Morgan fingerprint density at radius 2 is 2.37 bits per heavy atom. The molecule has 19 heavy (non-hydrogen) atoms. The standard InChI is InChI=1S/C11H13N5O3/c1-7(4-11(17)14-12)15-10-5-9(16(18)19)3-2-8(10)6-13-15/h2-3,5-7H,4,12H2,1H3,(H,14,17). The van der Waals surface area contributed by atoms with E-state index >= 15 is 0 Å². The molecule has 2 aromatic rings. The molecule has 0 aliphatic rings. The molecule has 100 valence electrons. The van der Waals surface area contributed by atoms with Gasteiger partial charge in [-0.05, 0) is 13.0 Å². The third kappa shape index (κ3) is 2.52. The van der Waals surface area contributed by atoms with E-state index < -0.39 is 4.92 Å². The molecule has 0 aliphatic heterocycles. The van der Waals surface area contributed by atoms with Crippen LogP contribution < -0.4 is 11.3 Å². The first-order valence-corrected chi connectivity index (χ1v) is 5.64. The van der Waals surface area contributed by atoms with Gasteiger partial charge < -0.3 is 0 Å². The van der Waals surface area contributed by atoms with Crippen LogP contribution in [0, 0.1) is 10.1 Å². The quantitative estimate of drug-likeness (QED) is 0.367. The Morgan fingerprint density at radius 3 is 3.00 bits per heavy atom. The van der Waals surface area contributed by atoms with E-state index in [9.17, 15) is 14.9 Å². The van der Waals surface area contributed by atoms with Gasteiger partial charge in [0.05, 0.1) is 29.1 Å². The minimum atomic E-state index is -0.464. The van der Waals surface area contributed by atoms with Gasteiger partial charge in [-0.2, -0.15) is 5.10 Å². The highest BCUT2D eigenvalue weighted by molar-refractivity contribution is 5.81. The third-order valence-corrected chi connectivity index (χ3v) is 2.85. The first-order chi connectivity index (χ1) is 9.02. The highest BCUT2D eigenvalue weighted by Crippen LogP contribution is 2.24. The van der Waals surface area contributed by atoms with Crippen molar-refractivity contribution >= 4 is 22.5 Å². The molecule has 0 fully saturated rings. The minimum absolute atomic E-state index is 0.00951. The number of nitrogens with one attached hydrogen (secondary N) is 1. The number of hydrogen-bond acceptors (Lipinski definition) is 5. The van der Waals surface area contributed by atoms with Gasteiger partial charge in [0.15, 0.2) is 0 Å². The largest absolute Gasteiger partial charge is 0.294 e. The number of fused-ring (bicyclic) bond motifs is 1. The number of benzene rings is 1. The molecule has 0 bridgehead atoms. The zero-order valence-corrected chi connectivity index (χ0v) is 10.2. The number of aromatic nitrogens is 2. The fourth-order valence-corrected chi connectivity index (χ4v) is 1.90. The van der Waals surface area contributed by atoms with Gasteiger partial charge in [0.2, 0.25) is 5.91 Å². The van der Waals surface area contributed by atoms with Crippen LogP contribution in [-0.4, -0.2) is 20.6 Å². The smallest absolute Gasteiger partial charge is 0.271 e. The van der Waals surface area contributed by atoms with Crippen LogP contribution in [0.1, 0.15) is 19.4 Å². The van der Waals surface area contributed by atoms with Crippen molar-refractivity contribution in [2.45, 2.75) is 19.4 Å². The summed E-state index contributed by atoms with van der Waals surface area (Å²) in [4.78, 5) is 21.5. The van der Waals surface area contributed by atoms with Crippen LogP contribution >= 0.6 is 0 Å². The van der Waals surface area contributed by atoms with E-state index in [-0.39, 0.29) is 24.1 Å². The molecule has 1 unspecified atom stereocenters. The Morgan fingerprint density at radius 1 is 1.63 bits per heavy atom. The molecule has 0 aliphatic carbocycles. The van der Waals surface area contributed by atoms with E-state index in [2.05, 4.69) is 5.10 Å². The number of rotatable bonds is 4. The molecule has 1 aromatic carbocycles. The average Bonchev–Trinajstić information content (AvgIpc) is 2.81. The number of non-ortho nitro benzene ring substituents is 1. The number of nitrogens with two attached hydrogens (primary N) is 1. The summed E-state index contributed by atoms with van der Waals surface area (Å²) in [6.07, 6.45) is 1.76. The van der Waals surface area contributed by atoms with Crippen LogP contribution in [0.15, 0.2) is 24.4 Å². The van der Waals surface area contributed by atoms with Crippen molar-refractivity contribution in [2.24, 2.45) is 5.84 Å². The van der Waals surface area contributed by atoms with Crippen molar-refractivity contribution < 1.29 is 9.72 Å². The molecule has 0 saturated heterocycles. The number of carbonyl (C=O) groups is 1. The zero-order chi connectivity index (χ0) is 14.0. The topological polar surface area (TPSA) is 116 Å². The molecular formula is C11H13N5O3. The Bertz CT molecular complexity index is 636. The summed E-state index contributed by atoms with van der Waals surface area (Å²) in [7, 11) is 0. The highest BCUT2D eigenvalue weighted by atomic mass is 16.6. The van der Waals surface area contributed by atoms with Crippen molar-refractivity contribution in [1.29, 1.82) is 0 Å². The molecule has 1 aromatic heterocycles. The van der Waals surface area contributed by atoms with Crippen molar-refractivity contribution in [3.63, 3.8) is 0 Å². The number of carbonyl (C=O) groups excluding carboxylic acids is 1. The van der Waals surface area contributed by atoms with Crippen molar-refractivity contribution in [1.82, 2.24) is 15.2 Å². The summed E-state index contributed by atoms with van der Waals surface area (Å²) in [5.74, 6) is 4.71. The van der Waals surface area contributed by atoms with Gasteiger partial charge in [-0.3, -0.25) is 25.0 Å². The molecule has 2 rings (SSSR count). The average molecular weight is 263 g/mol. The lowest BCUT2D eigenvalue weighted by Gasteiger charge is -2.12. The Kier molecular flexibility index (Phi) is 3.43. The van der Waals surface area contributed by atoms with E-state index in [1.54, 1.807) is 23.9 Å². The predicted molar refractivity (Wildman–Crippen MR) is 68.0 cm³/mol. The summed E-state index contributed by atoms with van der Waals surface area (Å²) < 4.78 is 1.58. The van der Waals surface area contributed by atoms with Gasteiger partial charge in [0.1, 0.15) is 0 Å². The van der Waals surface area contributed by atoms with Crippen molar-refractivity contribution in [2.75, 3.05) is 0 Å². The lowest BCUT2D eigenvalue weighted by Crippen LogP contribution is -2.31. The first-order valence-electron chi connectivity index (χ1n) is 5.64. The molecule has 1 amide bonds. The first kappa shape index (κ1) is 13.0. The second kappa shape index (κ2) is 5.02. The maximum absolute atomic E-state index is 11.2. The molecular weight excluding hydrogens is 250 g/mol. The number of hydrazine groups is 1. The van der Waals surface area contributed by atoms with Gasteiger partial charge in [0, 0.05) is 17.5 Å². The molecule has 1 heterocycles. The molecule has 8 nitrogen and oxygen atoms in total. The molecule has 8 heteroatoms. The van der Waals surface area contributed by atoms with Crippen LogP contribution in [0.4, 0.5) is 5.69 Å². The van der Waals surface area contributed by atoms with Crippen LogP contribution in [0.2, 0.25) is 0 Å². The fourth-order valence-electron chi connectivity index (χ4n) is 1.90. The van der Waals surface area contributed by atoms with Gasteiger partial charge in [-0.15, -0.1) is 0 Å². The lowest BCUT2D eigenvalue weighted by molar-refractivity contribution is -0.384. The van der Waals surface area contributed by atoms with Crippen molar-refractivity contribution in [3.05, 3.63) is 34.5 Å². The normalized spacial score (nSPS) is 12.3. The highest BCUT2D eigenvalue weighted by Gasteiger charge is 2.15. The van der Waals surface area contributed by atoms with Crippen LogP contribution in [0.5, 0.6) is 0 Å². The maximum Gasteiger partial charge on any atom is 0.271 e. The lowest BCUT2D eigenvalue weighted by atomic mass is 10.2. The number of amides is 1. The van der Waals surface area contributed by atoms with E-state index in [1.807, 2.05) is 5.43 Å². The summed E-state index contributed by atoms with van der Waals surface area (Å²) in [5, 5.41) is 15.7. The molecule has 0 radical (unpaired) electrons. The number of hydrogen-bond donors (Lipinski definition) is 2. The van der Waals surface area contributed by atoms with Gasteiger partial charge >= 0.3 is 0 Å². The second-order valence-electron chi connectivity index (χ2n) is 4.21.